The Morgan fingerprint density at radius 1 is 1.19 bits per heavy atom. The fraction of sp³-hybridized carbons (Fsp3) is 0.471. The van der Waals surface area contributed by atoms with Gasteiger partial charge in [0.2, 0.25) is 0 Å². The lowest BCUT2D eigenvalue weighted by Gasteiger charge is -2.22. The van der Waals surface area contributed by atoms with E-state index in [1.807, 2.05) is 39.1 Å². The molecule has 1 aromatic rings. The zero-order valence-electron chi connectivity index (χ0n) is 12.9. The first-order chi connectivity index (χ1) is 10.2. The number of benzene rings is 1. The highest BCUT2D eigenvalue weighted by Crippen LogP contribution is 2.58. The molecule has 21 heavy (non-hydrogen) atoms. The lowest BCUT2D eigenvalue weighted by Crippen LogP contribution is -2.27. The maximum Gasteiger partial charge on any atom is 0.161 e. The smallest absolute Gasteiger partial charge is 0.161 e. The molecule has 4 nitrogen and oxygen atoms in total. The molecule has 2 aliphatic rings. The van der Waals surface area contributed by atoms with Gasteiger partial charge in [-0.1, -0.05) is 6.08 Å². The van der Waals surface area contributed by atoms with E-state index in [1.54, 1.807) is 0 Å². The molecule has 0 unspecified atom stereocenters. The molecule has 1 aromatic carbocycles. The number of rotatable bonds is 5. The van der Waals surface area contributed by atoms with E-state index < -0.39 is 0 Å². The van der Waals surface area contributed by atoms with Crippen LogP contribution in [0.1, 0.15) is 44.7 Å². The van der Waals surface area contributed by atoms with E-state index in [9.17, 15) is 0 Å². The molecule has 0 atom stereocenters. The first-order valence-electron chi connectivity index (χ1n) is 7.63. The van der Waals surface area contributed by atoms with Crippen molar-refractivity contribution in [3.05, 3.63) is 35.5 Å². The summed E-state index contributed by atoms with van der Waals surface area (Å²) in [6.45, 7) is 7.13. The fourth-order valence-electron chi connectivity index (χ4n) is 3.15. The lowest BCUT2D eigenvalue weighted by molar-refractivity contribution is 0.287. The van der Waals surface area contributed by atoms with Crippen LogP contribution in [0.4, 0.5) is 0 Å². The molecule has 3 rings (SSSR count). The zero-order valence-corrected chi connectivity index (χ0v) is 12.9. The third-order valence-corrected chi connectivity index (χ3v) is 4.16. The summed E-state index contributed by atoms with van der Waals surface area (Å²) in [5.41, 5.74) is 2.16. The van der Waals surface area contributed by atoms with Crippen molar-refractivity contribution in [3.63, 3.8) is 0 Å². The van der Waals surface area contributed by atoms with Crippen LogP contribution in [0.15, 0.2) is 24.4 Å². The summed E-state index contributed by atoms with van der Waals surface area (Å²) in [5, 5.41) is 8.47. The van der Waals surface area contributed by atoms with Crippen molar-refractivity contribution in [1.29, 1.82) is 5.41 Å². The van der Waals surface area contributed by atoms with Gasteiger partial charge in [0.1, 0.15) is 5.84 Å². The van der Waals surface area contributed by atoms with E-state index in [4.69, 9.17) is 14.9 Å². The monoisotopic (exact) mass is 286 g/mol. The SMILES string of the molecule is CC=CN1C(=N)c2cc(OCC)c(OCC)cc2C12CC2. The normalized spacial score (nSPS) is 18.4. The molecule has 0 radical (unpaired) electrons. The number of ether oxygens (including phenoxy) is 2. The van der Waals surface area contributed by atoms with E-state index in [1.165, 1.54) is 5.56 Å². The van der Waals surface area contributed by atoms with Crippen LogP contribution in [0.25, 0.3) is 0 Å². The number of nitrogens with one attached hydrogen (secondary N) is 1. The van der Waals surface area contributed by atoms with Crippen LogP contribution in [0.2, 0.25) is 0 Å². The highest BCUT2D eigenvalue weighted by atomic mass is 16.5. The minimum atomic E-state index is -0.0183. The largest absolute Gasteiger partial charge is 0.490 e. The molecule has 112 valence electrons. The Balaban J connectivity index is 2.10. The van der Waals surface area contributed by atoms with Gasteiger partial charge >= 0.3 is 0 Å². The molecule has 0 amide bonds. The van der Waals surface area contributed by atoms with Gasteiger partial charge in [-0.15, -0.1) is 0 Å². The number of allylic oxidation sites excluding steroid dienone is 1. The maximum atomic E-state index is 8.47. The minimum Gasteiger partial charge on any atom is -0.490 e. The molecule has 1 aliphatic heterocycles. The van der Waals surface area contributed by atoms with Crippen molar-refractivity contribution in [2.24, 2.45) is 0 Å². The van der Waals surface area contributed by atoms with Gasteiger partial charge in [0.15, 0.2) is 11.5 Å². The molecule has 1 fully saturated rings. The Kier molecular flexibility index (Phi) is 3.40. The van der Waals surface area contributed by atoms with E-state index >= 15 is 0 Å². The van der Waals surface area contributed by atoms with Gasteiger partial charge in [-0.2, -0.15) is 0 Å². The van der Waals surface area contributed by atoms with Gasteiger partial charge in [0.25, 0.3) is 0 Å². The molecule has 1 heterocycles. The van der Waals surface area contributed by atoms with E-state index in [2.05, 4.69) is 11.0 Å². The first-order valence-corrected chi connectivity index (χ1v) is 7.63. The summed E-state index contributed by atoms with van der Waals surface area (Å²) < 4.78 is 11.4. The van der Waals surface area contributed by atoms with Crippen LogP contribution < -0.4 is 9.47 Å². The summed E-state index contributed by atoms with van der Waals surface area (Å²) in [6, 6.07) is 4.05. The van der Waals surface area contributed by atoms with Crippen LogP contribution in [0, 0.1) is 5.41 Å². The van der Waals surface area contributed by atoms with Crippen LogP contribution >= 0.6 is 0 Å². The third kappa shape index (κ3) is 2.01. The number of hydrogen-bond acceptors (Lipinski definition) is 3. The first kappa shape index (κ1) is 14.0. The quantitative estimate of drug-likeness (QED) is 0.898. The number of nitrogens with zero attached hydrogens (tertiary/aromatic N) is 1. The van der Waals surface area contributed by atoms with Crippen molar-refractivity contribution in [3.8, 4) is 11.5 Å². The van der Waals surface area contributed by atoms with Gasteiger partial charge in [-0.3, -0.25) is 5.41 Å². The molecule has 1 spiro atoms. The summed E-state index contributed by atoms with van der Waals surface area (Å²) in [5.74, 6) is 2.09. The molecule has 1 aliphatic carbocycles. The predicted molar refractivity (Wildman–Crippen MR) is 83.2 cm³/mol. The lowest BCUT2D eigenvalue weighted by atomic mass is 10.0. The second kappa shape index (κ2) is 5.10. The average Bonchev–Trinajstić information content (AvgIpc) is 3.23. The van der Waals surface area contributed by atoms with Crippen molar-refractivity contribution >= 4 is 5.84 Å². The molecular formula is C17H22N2O2. The second-order valence-electron chi connectivity index (χ2n) is 5.44. The van der Waals surface area contributed by atoms with Crippen molar-refractivity contribution in [2.75, 3.05) is 13.2 Å². The fourth-order valence-corrected chi connectivity index (χ4v) is 3.15. The predicted octanol–water partition coefficient (Wildman–Crippen LogP) is 3.65. The average molecular weight is 286 g/mol. The second-order valence-corrected chi connectivity index (χ2v) is 5.44. The Hall–Kier alpha value is -1.97. The molecule has 0 saturated heterocycles. The molecular weight excluding hydrogens is 264 g/mol. The minimum absolute atomic E-state index is 0.0183. The highest BCUT2D eigenvalue weighted by Gasteiger charge is 2.56. The van der Waals surface area contributed by atoms with E-state index in [0.717, 1.165) is 29.9 Å². The summed E-state index contributed by atoms with van der Waals surface area (Å²) in [4.78, 5) is 2.09. The van der Waals surface area contributed by atoms with Gasteiger partial charge in [0.05, 0.1) is 18.8 Å². The van der Waals surface area contributed by atoms with E-state index in [0.29, 0.717) is 19.0 Å². The van der Waals surface area contributed by atoms with Crippen LogP contribution in [-0.2, 0) is 5.54 Å². The third-order valence-electron chi connectivity index (χ3n) is 4.16. The number of fused-ring (bicyclic) bond motifs is 2. The maximum absolute atomic E-state index is 8.47. The summed E-state index contributed by atoms with van der Waals surface area (Å²) in [7, 11) is 0. The molecule has 1 N–H and O–H groups in total. The molecule has 4 heteroatoms. The van der Waals surface area contributed by atoms with Crippen LogP contribution in [0.3, 0.4) is 0 Å². The molecule has 0 aromatic heterocycles. The topological polar surface area (TPSA) is 45.6 Å². The summed E-state index contributed by atoms with van der Waals surface area (Å²) >= 11 is 0. The number of amidine groups is 1. The Morgan fingerprint density at radius 2 is 1.81 bits per heavy atom. The Morgan fingerprint density at radius 3 is 2.33 bits per heavy atom. The number of hydrogen-bond donors (Lipinski definition) is 1. The highest BCUT2D eigenvalue weighted by molar-refractivity contribution is 6.03. The Bertz CT molecular complexity index is 603. The van der Waals surface area contributed by atoms with Gasteiger partial charge < -0.3 is 14.4 Å². The van der Waals surface area contributed by atoms with Crippen molar-refractivity contribution in [1.82, 2.24) is 4.90 Å². The van der Waals surface area contributed by atoms with Gasteiger partial charge in [-0.25, -0.2) is 0 Å². The molecule has 1 saturated carbocycles. The van der Waals surface area contributed by atoms with Crippen molar-refractivity contribution < 1.29 is 9.47 Å². The van der Waals surface area contributed by atoms with Crippen LogP contribution in [-0.4, -0.2) is 23.9 Å². The van der Waals surface area contributed by atoms with Gasteiger partial charge in [0, 0.05) is 11.8 Å². The van der Waals surface area contributed by atoms with E-state index in [-0.39, 0.29) is 5.54 Å². The summed E-state index contributed by atoms with van der Waals surface area (Å²) in [6.07, 6.45) is 6.18. The van der Waals surface area contributed by atoms with Gasteiger partial charge in [-0.05, 0) is 51.3 Å². The van der Waals surface area contributed by atoms with Crippen molar-refractivity contribution in [2.45, 2.75) is 39.2 Å². The molecule has 0 bridgehead atoms. The van der Waals surface area contributed by atoms with Crippen LogP contribution in [0.5, 0.6) is 11.5 Å². The Labute approximate surface area is 125 Å². The standard InChI is InChI=1S/C17H22N2O2/c1-4-9-19-16(18)12-10-14(20-5-2)15(21-6-3)11-13(12)17(19)7-8-17/h4,9-11,18H,5-8H2,1-3H3. The zero-order chi connectivity index (χ0) is 15.0.